The van der Waals surface area contributed by atoms with Gasteiger partial charge in [0.25, 0.3) is 0 Å². The van der Waals surface area contributed by atoms with Crippen molar-refractivity contribution < 1.29 is 9.84 Å². The first-order chi connectivity index (χ1) is 10.3. The first-order valence-electron chi connectivity index (χ1n) is 6.52. The van der Waals surface area contributed by atoms with Crippen LogP contribution in [-0.4, -0.2) is 28.8 Å². The number of hydrazine groups is 1. The quantitative estimate of drug-likeness (QED) is 0.446. The molecule has 0 saturated heterocycles. The molecule has 7 nitrogen and oxygen atoms in total. The SMILES string of the molecule is COCc1nc(NN)cc(NC(CO)c2ccccc2)n1. The number of aliphatic hydroxyl groups is 1. The number of aliphatic hydroxyl groups excluding tert-OH is 1. The molecule has 0 spiro atoms. The number of hydrogen-bond donors (Lipinski definition) is 4. The van der Waals surface area contributed by atoms with E-state index in [9.17, 15) is 5.11 Å². The Morgan fingerprint density at radius 2 is 1.95 bits per heavy atom. The molecule has 21 heavy (non-hydrogen) atoms. The van der Waals surface area contributed by atoms with Gasteiger partial charge in [-0.15, -0.1) is 0 Å². The lowest BCUT2D eigenvalue weighted by atomic mass is 10.1. The fourth-order valence-corrected chi connectivity index (χ4v) is 1.94. The maximum absolute atomic E-state index is 9.57. The van der Waals surface area contributed by atoms with Crippen molar-refractivity contribution in [1.82, 2.24) is 9.97 Å². The molecule has 0 saturated carbocycles. The van der Waals surface area contributed by atoms with Crippen molar-refractivity contribution in [2.24, 2.45) is 5.84 Å². The van der Waals surface area contributed by atoms with Gasteiger partial charge in [0, 0.05) is 13.2 Å². The molecule has 2 rings (SSSR count). The number of ether oxygens (including phenoxy) is 1. The number of aromatic nitrogens is 2. The van der Waals surface area contributed by atoms with Crippen LogP contribution >= 0.6 is 0 Å². The lowest BCUT2D eigenvalue weighted by Gasteiger charge is -2.18. The Balaban J connectivity index is 2.22. The van der Waals surface area contributed by atoms with E-state index in [2.05, 4.69) is 20.7 Å². The molecule has 0 bridgehead atoms. The highest BCUT2D eigenvalue weighted by Crippen LogP contribution is 2.19. The Labute approximate surface area is 123 Å². The number of rotatable bonds is 7. The van der Waals surface area contributed by atoms with Crippen LogP contribution in [-0.2, 0) is 11.3 Å². The summed E-state index contributed by atoms with van der Waals surface area (Å²) in [4.78, 5) is 8.50. The van der Waals surface area contributed by atoms with Gasteiger partial charge in [0.2, 0.25) is 0 Å². The fraction of sp³-hybridized carbons (Fsp3) is 0.286. The van der Waals surface area contributed by atoms with Crippen LogP contribution in [0.5, 0.6) is 0 Å². The minimum atomic E-state index is -0.262. The highest BCUT2D eigenvalue weighted by molar-refractivity contribution is 5.48. The molecular formula is C14H19N5O2. The molecule has 5 N–H and O–H groups in total. The molecule has 0 radical (unpaired) electrons. The van der Waals surface area contributed by atoms with E-state index in [0.29, 0.717) is 17.5 Å². The molecule has 1 aromatic carbocycles. The predicted molar refractivity (Wildman–Crippen MR) is 80.4 cm³/mol. The lowest BCUT2D eigenvalue weighted by molar-refractivity contribution is 0.178. The van der Waals surface area contributed by atoms with E-state index in [0.717, 1.165) is 5.56 Å². The third kappa shape index (κ3) is 4.12. The summed E-state index contributed by atoms with van der Waals surface area (Å²) < 4.78 is 5.03. The maximum atomic E-state index is 9.57. The van der Waals surface area contributed by atoms with Crippen molar-refractivity contribution >= 4 is 11.6 Å². The summed E-state index contributed by atoms with van der Waals surface area (Å²) in [6, 6.07) is 11.1. The number of anilines is 2. The summed E-state index contributed by atoms with van der Waals surface area (Å²) in [5.41, 5.74) is 3.45. The number of nitrogens with zero attached hydrogens (tertiary/aromatic N) is 2. The van der Waals surface area contributed by atoms with Gasteiger partial charge < -0.3 is 20.6 Å². The van der Waals surface area contributed by atoms with E-state index in [4.69, 9.17) is 10.6 Å². The third-order valence-electron chi connectivity index (χ3n) is 2.90. The van der Waals surface area contributed by atoms with E-state index in [1.807, 2.05) is 30.3 Å². The van der Waals surface area contributed by atoms with E-state index in [1.54, 1.807) is 13.2 Å². The molecule has 1 heterocycles. The highest BCUT2D eigenvalue weighted by atomic mass is 16.5. The van der Waals surface area contributed by atoms with Crippen LogP contribution < -0.4 is 16.6 Å². The average molecular weight is 289 g/mol. The second-order valence-corrected chi connectivity index (χ2v) is 4.42. The molecule has 0 amide bonds. The van der Waals surface area contributed by atoms with Crippen LogP contribution in [0.15, 0.2) is 36.4 Å². The van der Waals surface area contributed by atoms with Gasteiger partial charge in [-0.2, -0.15) is 0 Å². The number of nitrogen functional groups attached to an aromatic ring is 1. The largest absolute Gasteiger partial charge is 0.394 e. The standard InChI is InChI=1S/C14H19N5O2/c1-21-9-14-17-12(7-13(18-14)19-15)16-11(8-20)10-5-3-2-4-6-10/h2-7,11,20H,8-9,15H2,1H3,(H2,16,17,18,19). The van der Waals surface area contributed by atoms with Gasteiger partial charge in [-0.25, -0.2) is 15.8 Å². The van der Waals surface area contributed by atoms with Gasteiger partial charge in [0.15, 0.2) is 5.82 Å². The van der Waals surface area contributed by atoms with Crippen LogP contribution in [0.2, 0.25) is 0 Å². The minimum Gasteiger partial charge on any atom is -0.394 e. The molecule has 2 aromatic rings. The summed E-state index contributed by atoms with van der Waals surface area (Å²) in [5, 5.41) is 12.7. The zero-order chi connectivity index (χ0) is 15.1. The van der Waals surface area contributed by atoms with Gasteiger partial charge in [-0.1, -0.05) is 30.3 Å². The smallest absolute Gasteiger partial charge is 0.158 e. The van der Waals surface area contributed by atoms with Crippen LogP contribution in [0.3, 0.4) is 0 Å². The summed E-state index contributed by atoms with van der Waals surface area (Å²) >= 11 is 0. The zero-order valence-corrected chi connectivity index (χ0v) is 11.8. The minimum absolute atomic E-state index is 0.0565. The molecule has 1 unspecified atom stereocenters. The van der Waals surface area contributed by atoms with Crippen molar-refractivity contribution in [3.63, 3.8) is 0 Å². The first-order valence-corrected chi connectivity index (χ1v) is 6.52. The van der Waals surface area contributed by atoms with Crippen LogP contribution in [0, 0.1) is 0 Å². The molecular weight excluding hydrogens is 270 g/mol. The van der Waals surface area contributed by atoms with Crippen LogP contribution in [0.1, 0.15) is 17.4 Å². The Bertz CT molecular complexity index is 565. The van der Waals surface area contributed by atoms with Crippen molar-refractivity contribution in [1.29, 1.82) is 0 Å². The number of nitrogens with one attached hydrogen (secondary N) is 2. The maximum Gasteiger partial charge on any atom is 0.158 e. The van der Waals surface area contributed by atoms with Gasteiger partial charge in [0.1, 0.15) is 18.2 Å². The molecule has 0 fully saturated rings. The van der Waals surface area contributed by atoms with Gasteiger partial charge in [-0.3, -0.25) is 0 Å². The summed E-state index contributed by atoms with van der Waals surface area (Å²) in [5.74, 6) is 6.94. The molecule has 1 atom stereocenters. The first kappa shape index (κ1) is 15.2. The monoisotopic (exact) mass is 289 g/mol. The number of nitrogens with two attached hydrogens (primary N) is 1. The second-order valence-electron chi connectivity index (χ2n) is 4.42. The lowest BCUT2D eigenvalue weighted by Crippen LogP contribution is -2.17. The highest BCUT2D eigenvalue weighted by Gasteiger charge is 2.12. The Morgan fingerprint density at radius 1 is 1.24 bits per heavy atom. The van der Waals surface area contributed by atoms with E-state index < -0.39 is 0 Å². The van der Waals surface area contributed by atoms with Crippen LogP contribution in [0.25, 0.3) is 0 Å². The van der Waals surface area contributed by atoms with Crippen molar-refractivity contribution in [3.05, 3.63) is 47.8 Å². The molecule has 112 valence electrons. The van der Waals surface area contributed by atoms with Gasteiger partial charge >= 0.3 is 0 Å². The third-order valence-corrected chi connectivity index (χ3v) is 2.90. The molecule has 0 aliphatic carbocycles. The topological polar surface area (TPSA) is 105 Å². The number of benzene rings is 1. The predicted octanol–water partition coefficient (Wildman–Crippen LogP) is 1.05. The Kier molecular flexibility index (Phi) is 5.44. The second kappa shape index (κ2) is 7.53. The number of hydrogen-bond acceptors (Lipinski definition) is 7. The Hall–Kier alpha value is -2.22. The van der Waals surface area contributed by atoms with Crippen molar-refractivity contribution in [2.75, 3.05) is 24.5 Å². The van der Waals surface area contributed by atoms with Crippen molar-refractivity contribution in [3.8, 4) is 0 Å². The van der Waals surface area contributed by atoms with Crippen LogP contribution in [0.4, 0.5) is 11.6 Å². The van der Waals surface area contributed by atoms with E-state index in [-0.39, 0.29) is 19.3 Å². The van der Waals surface area contributed by atoms with Crippen molar-refractivity contribution in [2.45, 2.75) is 12.6 Å². The van der Waals surface area contributed by atoms with E-state index >= 15 is 0 Å². The summed E-state index contributed by atoms with van der Waals surface area (Å²) in [6.07, 6.45) is 0. The number of methoxy groups -OCH3 is 1. The zero-order valence-electron chi connectivity index (χ0n) is 11.8. The van der Waals surface area contributed by atoms with Gasteiger partial charge in [-0.05, 0) is 5.56 Å². The van der Waals surface area contributed by atoms with Gasteiger partial charge in [0.05, 0.1) is 12.6 Å². The molecule has 7 heteroatoms. The fourth-order valence-electron chi connectivity index (χ4n) is 1.94. The summed E-state index contributed by atoms with van der Waals surface area (Å²) in [6.45, 7) is 0.221. The molecule has 1 aromatic heterocycles. The average Bonchev–Trinajstić information content (AvgIpc) is 2.53. The molecule has 0 aliphatic heterocycles. The molecule has 0 aliphatic rings. The summed E-state index contributed by atoms with van der Waals surface area (Å²) in [7, 11) is 1.57. The van der Waals surface area contributed by atoms with E-state index in [1.165, 1.54) is 0 Å². The normalized spacial score (nSPS) is 12.0. The Morgan fingerprint density at radius 3 is 2.57 bits per heavy atom.